The van der Waals surface area contributed by atoms with E-state index in [1.54, 1.807) is 25.3 Å². The van der Waals surface area contributed by atoms with Crippen LogP contribution in [0.3, 0.4) is 0 Å². The number of aryl methyl sites for hydroxylation is 1. The van der Waals surface area contributed by atoms with E-state index in [0.29, 0.717) is 17.5 Å². The number of aliphatic imine (C=N–C) groups is 1. The Morgan fingerprint density at radius 1 is 1.13 bits per heavy atom. The molecule has 78 valence electrons. The summed E-state index contributed by atoms with van der Waals surface area (Å²) in [7, 11) is 0. The van der Waals surface area contributed by atoms with E-state index in [9.17, 15) is 8.78 Å². The third-order valence-corrected chi connectivity index (χ3v) is 2.51. The average molecular weight is 207 g/mol. The van der Waals surface area contributed by atoms with Gasteiger partial charge in [-0.15, -0.1) is 0 Å². The van der Waals surface area contributed by atoms with Gasteiger partial charge in [0.25, 0.3) is 0 Å². The van der Waals surface area contributed by atoms with E-state index in [0.717, 1.165) is 11.3 Å². The molecule has 0 amide bonds. The van der Waals surface area contributed by atoms with Gasteiger partial charge in [0.05, 0.1) is 0 Å². The number of nitrogens with zero attached hydrogens (tertiary/aromatic N) is 1. The van der Waals surface area contributed by atoms with Crippen LogP contribution < -0.4 is 0 Å². The van der Waals surface area contributed by atoms with Gasteiger partial charge in [0, 0.05) is 23.9 Å². The molecule has 1 heterocycles. The van der Waals surface area contributed by atoms with Crippen LogP contribution in [-0.4, -0.2) is 5.71 Å². The number of rotatable bonds is 1. The predicted molar refractivity (Wildman–Crippen MR) is 56.8 cm³/mol. The molecule has 0 bridgehead atoms. The largest absolute Gasteiger partial charge is 0.265 e. The third kappa shape index (κ3) is 1.69. The number of halogens is 2. The molecule has 2 rings (SSSR count). The van der Waals surface area contributed by atoms with Crippen molar-refractivity contribution in [1.29, 1.82) is 0 Å². The second-order valence-electron chi connectivity index (χ2n) is 3.75. The first-order valence-electron chi connectivity index (χ1n) is 4.77. The van der Waals surface area contributed by atoms with E-state index < -0.39 is 11.6 Å². The van der Waals surface area contributed by atoms with Crippen LogP contribution in [0.1, 0.15) is 24.5 Å². The highest BCUT2D eigenvalue weighted by Gasteiger charge is 2.16. The van der Waals surface area contributed by atoms with E-state index in [1.807, 2.05) is 6.92 Å². The van der Waals surface area contributed by atoms with Crippen LogP contribution in [0.2, 0.25) is 0 Å². The maximum atomic E-state index is 13.6. The van der Waals surface area contributed by atoms with Crippen molar-refractivity contribution in [1.82, 2.24) is 0 Å². The zero-order valence-corrected chi connectivity index (χ0v) is 8.64. The van der Waals surface area contributed by atoms with Crippen molar-refractivity contribution in [2.24, 2.45) is 4.99 Å². The zero-order chi connectivity index (χ0) is 11.0. The number of hydrogen-bond donors (Lipinski definition) is 0. The molecule has 0 radical (unpaired) electrons. The summed E-state index contributed by atoms with van der Waals surface area (Å²) in [4.78, 5) is 4.05. The van der Waals surface area contributed by atoms with E-state index in [2.05, 4.69) is 4.99 Å². The maximum absolute atomic E-state index is 13.6. The Balaban J connectivity index is 2.43. The molecule has 1 aliphatic rings. The third-order valence-electron chi connectivity index (χ3n) is 2.51. The molecule has 0 saturated heterocycles. The second kappa shape index (κ2) is 3.57. The van der Waals surface area contributed by atoms with Crippen LogP contribution in [0.5, 0.6) is 0 Å². The summed E-state index contributed by atoms with van der Waals surface area (Å²) >= 11 is 0. The molecule has 0 aromatic heterocycles. The van der Waals surface area contributed by atoms with E-state index >= 15 is 0 Å². The fourth-order valence-electron chi connectivity index (χ4n) is 1.61. The summed E-state index contributed by atoms with van der Waals surface area (Å²) in [5, 5.41) is 0. The normalized spacial score (nSPS) is 15.2. The van der Waals surface area contributed by atoms with Crippen molar-refractivity contribution < 1.29 is 8.78 Å². The molecule has 0 N–H and O–H groups in total. The minimum absolute atomic E-state index is 0.318. The van der Waals surface area contributed by atoms with Gasteiger partial charge in [-0.25, -0.2) is 8.78 Å². The molecule has 1 aromatic rings. The maximum Gasteiger partial charge on any atom is 0.166 e. The number of benzene rings is 1. The fraction of sp³-hybridized carbons (Fsp3) is 0.250. The van der Waals surface area contributed by atoms with Crippen molar-refractivity contribution in [2.45, 2.75) is 20.3 Å². The lowest BCUT2D eigenvalue weighted by atomic mass is 10.0. The van der Waals surface area contributed by atoms with Gasteiger partial charge in [0.1, 0.15) is 0 Å². The molecule has 1 aromatic carbocycles. The lowest BCUT2D eigenvalue weighted by Crippen LogP contribution is -1.97. The van der Waals surface area contributed by atoms with Crippen LogP contribution in [0, 0.1) is 18.6 Å². The van der Waals surface area contributed by atoms with Gasteiger partial charge in [0.15, 0.2) is 11.6 Å². The SMILES string of the molecule is CC1=NC=C(c2ccc(C)c(F)c2F)C1. The van der Waals surface area contributed by atoms with Crippen molar-refractivity contribution >= 4 is 11.3 Å². The van der Waals surface area contributed by atoms with Gasteiger partial charge in [-0.1, -0.05) is 12.1 Å². The smallest absolute Gasteiger partial charge is 0.166 e. The summed E-state index contributed by atoms with van der Waals surface area (Å²) in [6.45, 7) is 3.42. The monoisotopic (exact) mass is 207 g/mol. The highest BCUT2D eigenvalue weighted by atomic mass is 19.2. The molecular weight excluding hydrogens is 196 g/mol. The number of hydrogen-bond acceptors (Lipinski definition) is 1. The van der Waals surface area contributed by atoms with E-state index in [4.69, 9.17) is 0 Å². The Bertz CT molecular complexity index is 473. The Morgan fingerprint density at radius 3 is 2.47 bits per heavy atom. The summed E-state index contributed by atoms with van der Waals surface area (Å²) in [5.74, 6) is -1.54. The van der Waals surface area contributed by atoms with Crippen LogP contribution in [0.25, 0.3) is 5.57 Å². The van der Waals surface area contributed by atoms with Crippen LogP contribution in [0.4, 0.5) is 8.78 Å². The van der Waals surface area contributed by atoms with Gasteiger partial charge in [-0.05, 0) is 25.0 Å². The Hall–Kier alpha value is -1.51. The summed E-state index contributed by atoms with van der Waals surface area (Å²) in [6, 6.07) is 3.19. The molecule has 1 aliphatic heterocycles. The lowest BCUT2D eigenvalue weighted by Gasteiger charge is -2.06. The molecule has 0 fully saturated rings. The second-order valence-corrected chi connectivity index (χ2v) is 3.75. The molecular formula is C12H11F2N. The van der Waals surface area contributed by atoms with Gasteiger partial charge in [-0.3, -0.25) is 4.99 Å². The highest BCUT2D eigenvalue weighted by molar-refractivity contribution is 5.96. The molecule has 3 heteroatoms. The molecule has 0 unspecified atom stereocenters. The first kappa shape index (κ1) is 10.0. The quantitative estimate of drug-likeness (QED) is 0.668. The van der Waals surface area contributed by atoms with Crippen molar-refractivity contribution in [3.8, 4) is 0 Å². The topological polar surface area (TPSA) is 12.4 Å². The molecule has 0 atom stereocenters. The zero-order valence-electron chi connectivity index (χ0n) is 8.64. The standard InChI is InChI=1S/C12H11F2N/c1-7-3-4-10(12(14)11(7)13)9-5-8(2)15-6-9/h3-4,6H,5H2,1-2H3. The summed E-state index contributed by atoms with van der Waals surface area (Å²) in [6.07, 6.45) is 2.20. The molecule has 0 saturated carbocycles. The van der Waals surface area contributed by atoms with Gasteiger partial charge >= 0.3 is 0 Å². The van der Waals surface area contributed by atoms with Crippen molar-refractivity contribution in [3.05, 3.63) is 41.1 Å². The highest BCUT2D eigenvalue weighted by Crippen LogP contribution is 2.28. The molecule has 0 spiro atoms. The van der Waals surface area contributed by atoms with Gasteiger partial charge in [0.2, 0.25) is 0 Å². The average Bonchev–Trinajstić information content (AvgIpc) is 2.61. The first-order valence-corrected chi connectivity index (χ1v) is 4.77. The van der Waals surface area contributed by atoms with Crippen molar-refractivity contribution in [3.63, 3.8) is 0 Å². The molecule has 15 heavy (non-hydrogen) atoms. The Kier molecular flexibility index (Phi) is 2.39. The van der Waals surface area contributed by atoms with Crippen LogP contribution in [-0.2, 0) is 0 Å². The Labute approximate surface area is 87.2 Å². The minimum Gasteiger partial charge on any atom is -0.265 e. The molecule has 0 aliphatic carbocycles. The van der Waals surface area contributed by atoms with Crippen LogP contribution >= 0.6 is 0 Å². The predicted octanol–water partition coefficient (Wildman–Crippen LogP) is 3.48. The minimum atomic E-state index is -0.772. The van der Waals surface area contributed by atoms with E-state index in [1.165, 1.54) is 0 Å². The summed E-state index contributed by atoms with van der Waals surface area (Å²) in [5.41, 5.74) is 2.31. The molecule has 1 nitrogen and oxygen atoms in total. The van der Waals surface area contributed by atoms with Gasteiger partial charge in [-0.2, -0.15) is 0 Å². The summed E-state index contributed by atoms with van der Waals surface area (Å²) < 4.78 is 26.9. The van der Waals surface area contributed by atoms with Crippen molar-refractivity contribution in [2.75, 3.05) is 0 Å². The van der Waals surface area contributed by atoms with Gasteiger partial charge < -0.3 is 0 Å². The van der Waals surface area contributed by atoms with Crippen LogP contribution in [0.15, 0.2) is 23.3 Å². The van der Waals surface area contributed by atoms with E-state index in [-0.39, 0.29) is 0 Å². The lowest BCUT2D eigenvalue weighted by molar-refractivity contribution is 0.501. The Morgan fingerprint density at radius 2 is 1.87 bits per heavy atom. The number of allylic oxidation sites excluding steroid dienone is 1. The first-order chi connectivity index (χ1) is 7.09. The fourth-order valence-corrected chi connectivity index (χ4v) is 1.61.